The van der Waals surface area contributed by atoms with Gasteiger partial charge in [-0.3, -0.25) is 9.88 Å². The van der Waals surface area contributed by atoms with E-state index in [2.05, 4.69) is 14.9 Å². The fraction of sp³-hybridized carbons (Fsp3) is 0.524. The van der Waals surface area contributed by atoms with Gasteiger partial charge in [-0.2, -0.15) is 4.98 Å². The Morgan fingerprint density at radius 3 is 2.57 bits per heavy atom. The SMILES string of the molecule is CC(C)(C)Oc1cnc(CN2CCC(OCc3ccccc3F)CC2)c(Cl)n1. The van der Waals surface area contributed by atoms with Crippen molar-refractivity contribution in [3.63, 3.8) is 0 Å². The third-order valence-electron chi connectivity index (χ3n) is 4.53. The number of nitrogens with zero attached hydrogens (tertiary/aromatic N) is 3. The minimum absolute atomic E-state index is 0.139. The van der Waals surface area contributed by atoms with Crippen LogP contribution >= 0.6 is 11.6 Å². The van der Waals surface area contributed by atoms with Crippen LogP contribution in [-0.4, -0.2) is 39.7 Å². The van der Waals surface area contributed by atoms with Gasteiger partial charge < -0.3 is 9.47 Å². The molecule has 0 saturated carbocycles. The summed E-state index contributed by atoms with van der Waals surface area (Å²) in [7, 11) is 0. The second kappa shape index (κ2) is 9.16. The largest absolute Gasteiger partial charge is 0.471 e. The van der Waals surface area contributed by atoms with E-state index in [-0.39, 0.29) is 17.5 Å². The van der Waals surface area contributed by atoms with Crippen LogP contribution in [0.15, 0.2) is 30.5 Å². The van der Waals surface area contributed by atoms with Gasteiger partial charge in [0.2, 0.25) is 5.88 Å². The molecule has 3 rings (SSSR count). The Bertz CT molecular complexity index is 789. The Kier molecular flexibility index (Phi) is 6.86. The van der Waals surface area contributed by atoms with Crippen molar-refractivity contribution < 1.29 is 13.9 Å². The van der Waals surface area contributed by atoms with Gasteiger partial charge in [-0.05, 0) is 39.7 Å². The number of aromatic nitrogens is 2. The smallest absolute Gasteiger partial charge is 0.234 e. The topological polar surface area (TPSA) is 47.5 Å². The molecule has 1 aliphatic heterocycles. The van der Waals surface area contributed by atoms with E-state index in [1.165, 1.54) is 6.07 Å². The molecule has 1 aromatic heterocycles. The Hall–Kier alpha value is -1.76. The van der Waals surface area contributed by atoms with E-state index in [9.17, 15) is 4.39 Å². The van der Waals surface area contributed by atoms with Crippen LogP contribution in [-0.2, 0) is 17.9 Å². The highest BCUT2D eigenvalue weighted by Crippen LogP contribution is 2.22. The van der Waals surface area contributed by atoms with Crippen molar-refractivity contribution in [1.29, 1.82) is 0 Å². The van der Waals surface area contributed by atoms with Gasteiger partial charge in [0.1, 0.15) is 11.4 Å². The summed E-state index contributed by atoms with van der Waals surface area (Å²) in [4.78, 5) is 11.0. The van der Waals surface area contributed by atoms with Crippen molar-refractivity contribution in [2.45, 2.75) is 58.5 Å². The summed E-state index contributed by atoms with van der Waals surface area (Å²) in [6, 6.07) is 6.74. The average Bonchev–Trinajstić information content (AvgIpc) is 2.63. The van der Waals surface area contributed by atoms with Crippen LogP contribution in [0.3, 0.4) is 0 Å². The van der Waals surface area contributed by atoms with Crippen molar-refractivity contribution >= 4 is 11.6 Å². The number of hydrogen-bond acceptors (Lipinski definition) is 5. The molecule has 0 atom stereocenters. The number of likely N-dealkylation sites (tertiary alicyclic amines) is 1. The molecule has 1 saturated heterocycles. The van der Waals surface area contributed by atoms with Gasteiger partial charge in [0.05, 0.1) is 24.6 Å². The molecular weight excluding hydrogens is 381 g/mol. The minimum atomic E-state index is -0.343. The lowest BCUT2D eigenvalue weighted by molar-refractivity contribution is -0.00516. The average molecular weight is 408 g/mol. The van der Waals surface area contributed by atoms with E-state index in [0.29, 0.717) is 29.7 Å². The molecule has 0 aliphatic carbocycles. The second-order valence-corrected chi connectivity index (χ2v) is 8.40. The number of piperidine rings is 1. The van der Waals surface area contributed by atoms with E-state index in [4.69, 9.17) is 21.1 Å². The minimum Gasteiger partial charge on any atom is -0.471 e. The first kappa shape index (κ1) is 21.0. The molecule has 5 nitrogen and oxygen atoms in total. The zero-order chi connectivity index (χ0) is 20.1. The van der Waals surface area contributed by atoms with Crippen molar-refractivity contribution in [1.82, 2.24) is 14.9 Å². The maximum Gasteiger partial charge on any atom is 0.234 e. The monoisotopic (exact) mass is 407 g/mol. The Balaban J connectivity index is 1.47. The summed E-state index contributed by atoms with van der Waals surface area (Å²) in [5.74, 6) is 0.216. The lowest BCUT2D eigenvalue weighted by atomic mass is 10.1. The molecule has 1 aromatic carbocycles. The number of rotatable bonds is 6. The van der Waals surface area contributed by atoms with Crippen LogP contribution in [0.2, 0.25) is 5.15 Å². The predicted octanol–water partition coefficient (Wildman–Crippen LogP) is 4.63. The second-order valence-electron chi connectivity index (χ2n) is 8.04. The molecule has 2 heterocycles. The van der Waals surface area contributed by atoms with E-state index in [0.717, 1.165) is 31.6 Å². The van der Waals surface area contributed by atoms with E-state index in [1.54, 1.807) is 18.3 Å². The van der Waals surface area contributed by atoms with Gasteiger partial charge >= 0.3 is 0 Å². The van der Waals surface area contributed by atoms with Gasteiger partial charge in [0.25, 0.3) is 0 Å². The highest BCUT2D eigenvalue weighted by atomic mass is 35.5. The lowest BCUT2D eigenvalue weighted by Gasteiger charge is -2.31. The van der Waals surface area contributed by atoms with Gasteiger partial charge in [-0.25, -0.2) is 4.39 Å². The van der Waals surface area contributed by atoms with E-state index >= 15 is 0 Å². The predicted molar refractivity (Wildman–Crippen MR) is 107 cm³/mol. The number of ether oxygens (including phenoxy) is 2. The molecule has 0 radical (unpaired) electrons. The van der Waals surface area contributed by atoms with Crippen LogP contribution in [0.1, 0.15) is 44.9 Å². The number of hydrogen-bond donors (Lipinski definition) is 0. The molecule has 152 valence electrons. The van der Waals surface area contributed by atoms with E-state index < -0.39 is 0 Å². The molecule has 1 fully saturated rings. The molecule has 1 aliphatic rings. The zero-order valence-corrected chi connectivity index (χ0v) is 17.4. The first-order valence-electron chi connectivity index (χ1n) is 9.58. The van der Waals surface area contributed by atoms with Crippen molar-refractivity contribution in [3.8, 4) is 5.88 Å². The maximum atomic E-state index is 13.7. The normalized spacial score (nSPS) is 16.3. The lowest BCUT2D eigenvalue weighted by Crippen LogP contribution is -2.36. The van der Waals surface area contributed by atoms with Crippen LogP contribution in [0.4, 0.5) is 4.39 Å². The zero-order valence-electron chi connectivity index (χ0n) is 16.6. The number of benzene rings is 1. The summed E-state index contributed by atoms with van der Waals surface area (Å²) in [6.45, 7) is 8.56. The fourth-order valence-corrected chi connectivity index (χ4v) is 3.31. The van der Waals surface area contributed by atoms with Crippen molar-refractivity contribution in [3.05, 3.63) is 52.7 Å². The van der Waals surface area contributed by atoms with Crippen LogP contribution in [0, 0.1) is 5.82 Å². The number of halogens is 2. The first-order valence-corrected chi connectivity index (χ1v) is 9.96. The van der Waals surface area contributed by atoms with Crippen molar-refractivity contribution in [2.24, 2.45) is 0 Å². The molecular formula is C21H27ClFN3O2. The van der Waals surface area contributed by atoms with Crippen LogP contribution < -0.4 is 4.74 Å². The summed E-state index contributed by atoms with van der Waals surface area (Å²) in [6.07, 6.45) is 3.55. The molecule has 2 aromatic rings. The van der Waals surface area contributed by atoms with Gasteiger partial charge in [0, 0.05) is 25.2 Å². The molecule has 0 N–H and O–H groups in total. The third kappa shape index (κ3) is 6.12. The van der Waals surface area contributed by atoms with Crippen molar-refractivity contribution in [2.75, 3.05) is 13.1 Å². The third-order valence-corrected chi connectivity index (χ3v) is 4.83. The summed E-state index contributed by atoms with van der Waals surface area (Å²) < 4.78 is 25.3. The molecule has 0 bridgehead atoms. The quantitative estimate of drug-likeness (QED) is 0.698. The summed E-state index contributed by atoms with van der Waals surface area (Å²) in [5.41, 5.74) is 1.00. The molecule has 0 unspecified atom stereocenters. The Morgan fingerprint density at radius 2 is 1.93 bits per heavy atom. The molecule has 7 heteroatoms. The van der Waals surface area contributed by atoms with E-state index in [1.807, 2.05) is 26.8 Å². The Labute approximate surface area is 170 Å². The van der Waals surface area contributed by atoms with Crippen LogP contribution in [0.25, 0.3) is 0 Å². The maximum absolute atomic E-state index is 13.7. The highest BCUT2D eigenvalue weighted by molar-refractivity contribution is 6.30. The Morgan fingerprint density at radius 1 is 1.21 bits per heavy atom. The molecule has 0 amide bonds. The van der Waals surface area contributed by atoms with Gasteiger partial charge in [0.15, 0.2) is 5.15 Å². The molecule has 28 heavy (non-hydrogen) atoms. The highest BCUT2D eigenvalue weighted by Gasteiger charge is 2.22. The summed E-state index contributed by atoms with van der Waals surface area (Å²) in [5, 5.41) is 0.375. The van der Waals surface area contributed by atoms with Gasteiger partial charge in [-0.1, -0.05) is 29.8 Å². The standard InChI is InChI=1S/C21H27ClFN3O2/c1-21(2,3)28-19-12-24-18(20(22)25-19)13-26-10-8-16(9-11-26)27-14-15-6-4-5-7-17(15)23/h4-7,12,16H,8-11,13-14H2,1-3H3. The first-order chi connectivity index (χ1) is 13.3. The fourth-order valence-electron chi connectivity index (χ4n) is 3.11. The summed E-state index contributed by atoms with van der Waals surface area (Å²) >= 11 is 6.30. The van der Waals surface area contributed by atoms with Crippen LogP contribution in [0.5, 0.6) is 5.88 Å². The van der Waals surface area contributed by atoms with Gasteiger partial charge in [-0.15, -0.1) is 0 Å². The molecule has 0 spiro atoms.